The Labute approximate surface area is 124 Å². The van der Waals surface area contributed by atoms with Crippen molar-refractivity contribution < 1.29 is 35.7 Å². The van der Waals surface area contributed by atoms with Crippen LogP contribution in [0.2, 0.25) is 0 Å². The first-order chi connectivity index (χ1) is 10.5. The van der Waals surface area contributed by atoms with E-state index in [1.807, 2.05) is 0 Å². The van der Waals surface area contributed by atoms with Crippen LogP contribution < -0.4 is 5.32 Å². The van der Waals surface area contributed by atoms with E-state index < -0.39 is 41.2 Å². The van der Waals surface area contributed by atoms with Crippen molar-refractivity contribution in [3.8, 4) is 11.4 Å². The van der Waals surface area contributed by atoms with Crippen molar-refractivity contribution in [1.82, 2.24) is 15.5 Å². The second kappa shape index (κ2) is 5.56. The quantitative estimate of drug-likeness (QED) is 0.689. The molecule has 2 rings (SSSR count). The fourth-order valence-corrected chi connectivity index (χ4v) is 1.65. The Morgan fingerprint density at radius 2 is 1.87 bits per heavy atom. The van der Waals surface area contributed by atoms with Crippen molar-refractivity contribution in [3.05, 3.63) is 35.5 Å². The molecule has 1 aromatic carbocycles. The number of amides is 1. The van der Waals surface area contributed by atoms with E-state index in [2.05, 4.69) is 14.7 Å². The molecule has 11 heteroatoms. The molecule has 0 unspecified atom stereocenters. The number of nitrogens with zero attached hydrogens (tertiary/aromatic N) is 2. The maximum atomic E-state index is 13.8. The Hall–Kier alpha value is -2.59. The Kier molecular flexibility index (Phi) is 4.05. The fraction of sp³-hybridized carbons (Fsp3) is 0.250. The van der Waals surface area contributed by atoms with E-state index in [0.29, 0.717) is 12.1 Å². The summed E-state index contributed by atoms with van der Waals surface area (Å²) in [5.41, 5.74) is -1.46. The second-order valence-corrected chi connectivity index (χ2v) is 4.37. The molecule has 0 saturated carbocycles. The van der Waals surface area contributed by atoms with E-state index in [-0.39, 0.29) is 5.56 Å². The van der Waals surface area contributed by atoms with Crippen molar-refractivity contribution in [2.45, 2.75) is 19.1 Å². The molecule has 0 fully saturated rings. The average Bonchev–Trinajstić information content (AvgIpc) is 2.85. The maximum absolute atomic E-state index is 13.8. The van der Waals surface area contributed by atoms with Crippen molar-refractivity contribution in [3.63, 3.8) is 0 Å². The fourth-order valence-electron chi connectivity index (χ4n) is 1.65. The molecule has 1 heterocycles. The third-order valence-electron chi connectivity index (χ3n) is 2.57. The summed E-state index contributed by atoms with van der Waals surface area (Å²) in [6, 6.07) is -2.00. The van der Waals surface area contributed by atoms with Crippen molar-refractivity contribution in [1.29, 1.82) is 0 Å². The predicted octanol–water partition coefficient (Wildman–Crippen LogP) is 3.08. The summed E-state index contributed by atoms with van der Waals surface area (Å²) < 4.78 is 81.9. The minimum absolute atomic E-state index is 0.302. The van der Waals surface area contributed by atoms with Gasteiger partial charge >= 0.3 is 18.1 Å². The van der Waals surface area contributed by atoms with Gasteiger partial charge in [-0.1, -0.05) is 11.2 Å². The first-order valence-electron chi connectivity index (χ1n) is 5.88. The van der Waals surface area contributed by atoms with Crippen LogP contribution in [-0.4, -0.2) is 16.0 Å². The highest BCUT2D eigenvalue weighted by atomic mass is 19.4. The summed E-state index contributed by atoms with van der Waals surface area (Å²) in [5, 5.41) is 4.25. The van der Waals surface area contributed by atoms with Crippen LogP contribution in [0.5, 0.6) is 0 Å². The second-order valence-electron chi connectivity index (χ2n) is 4.37. The lowest BCUT2D eigenvalue weighted by Crippen LogP contribution is -2.37. The monoisotopic (exact) mass is 339 g/mol. The molecule has 124 valence electrons. The van der Waals surface area contributed by atoms with Gasteiger partial charge in [0.05, 0.1) is 5.56 Å². The lowest BCUT2D eigenvalue weighted by atomic mass is 10.1. The highest BCUT2D eigenvalue weighted by molar-refractivity contribution is 5.73. The Balaban J connectivity index is 2.36. The molecule has 5 nitrogen and oxygen atoms in total. The van der Waals surface area contributed by atoms with Gasteiger partial charge in [0.2, 0.25) is 11.7 Å². The minimum Gasteiger partial charge on any atom is -0.329 e. The van der Waals surface area contributed by atoms with Crippen molar-refractivity contribution >= 4 is 5.91 Å². The molecule has 0 aliphatic rings. The molecule has 0 bridgehead atoms. The first-order valence-corrected chi connectivity index (χ1v) is 5.88. The molecule has 1 N–H and O–H groups in total. The van der Waals surface area contributed by atoms with Gasteiger partial charge < -0.3 is 4.52 Å². The van der Waals surface area contributed by atoms with E-state index >= 15 is 0 Å². The highest BCUT2D eigenvalue weighted by Gasteiger charge is 2.39. The summed E-state index contributed by atoms with van der Waals surface area (Å²) in [6.45, 7) is 0.818. The van der Waals surface area contributed by atoms with Crippen molar-refractivity contribution in [2.24, 2.45) is 0 Å². The lowest BCUT2D eigenvalue weighted by molar-refractivity contribution is -0.159. The number of hydrogen-bond acceptors (Lipinski definition) is 4. The summed E-state index contributed by atoms with van der Waals surface area (Å²) >= 11 is 0. The number of alkyl halides is 5. The van der Waals surface area contributed by atoms with Gasteiger partial charge in [-0.05, 0) is 12.1 Å². The van der Waals surface area contributed by atoms with Crippen LogP contribution in [0.1, 0.15) is 18.4 Å². The van der Waals surface area contributed by atoms with Gasteiger partial charge in [0, 0.05) is 12.5 Å². The molecule has 0 aliphatic heterocycles. The number of rotatable bonds is 3. The zero-order valence-electron chi connectivity index (χ0n) is 11.2. The summed E-state index contributed by atoms with van der Waals surface area (Å²) in [4.78, 5) is 13.7. The predicted molar refractivity (Wildman–Crippen MR) is 62.4 cm³/mol. The molecule has 2 aromatic rings. The van der Waals surface area contributed by atoms with E-state index in [0.717, 1.165) is 13.0 Å². The molecule has 0 aliphatic carbocycles. The molecule has 1 amide bonds. The third-order valence-corrected chi connectivity index (χ3v) is 2.57. The van der Waals surface area contributed by atoms with Crippen LogP contribution in [0.25, 0.3) is 11.4 Å². The molecule has 0 radical (unpaired) electrons. The molecule has 1 aromatic heterocycles. The maximum Gasteiger partial charge on any atom is 0.471 e. The molecular weight excluding hydrogens is 332 g/mol. The van der Waals surface area contributed by atoms with Crippen LogP contribution in [-0.2, 0) is 17.0 Å². The number of carbonyl (C=O) groups excluding carboxylic acids is 1. The largest absolute Gasteiger partial charge is 0.471 e. The number of benzene rings is 1. The Bertz CT molecular complexity index is 741. The highest BCUT2D eigenvalue weighted by Crippen LogP contribution is 2.32. The number of aromatic nitrogens is 2. The first kappa shape index (κ1) is 16.8. The van der Waals surface area contributed by atoms with Crippen molar-refractivity contribution in [2.75, 3.05) is 0 Å². The van der Waals surface area contributed by atoms with Gasteiger partial charge in [0.25, 0.3) is 0 Å². The van der Waals surface area contributed by atoms with E-state index in [1.165, 1.54) is 5.32 Å². The topological polar surface area (TPSA) is 68.0 Å². The van der Waals surface area contributed by atoms with Gasteiger partial charge in [0.1, 0.15) is 5.82 Å². The van der Waals surface area contributed by atoms with Crippen LogP contribution in [0, 0.1) is 5.82 Å². The van der Waals surface area contributed by atoms with E-state index in [1.54, 1.807) is 0 Å². The molecule has 0 spiro atoms. The lowest BCUT2D eigenvalue weighted by Gasteiger charge is -2.17. The SMILES string of the molecule is CC(=O)NC(F)(F)c1ccc(-c2noc(C(F)(F)F)n2)cc1F. The van der Waals surface area contributed by atoms with Gasteiger partial charge in [-0.2, -0.15) is 26.9 Å². The Morgan fingerprint density at radius 3 is 2.35 bits per heavy atom. The number of carbonyl (C=O) groups is 1. The Morgan fingerprint density at radius 1 is 1.22 bits per heavy atom. The number of halogens is 6. The standard InChI is InChI=1S/C12H7F6N3O2/c1-5(22)20-12(17,18)7-3-2-6(4-8(7)13)9-19-10(23-21-9)11(14,15)16/h2-4H,1H3,(H,20,22). The normalized spacial score (nSPS) is 12.3. The number of nitrogens with one attached hydrogen (secondary N) is 1. The van der Waals surface area contributed by atoms with E-state index in [4.69, 9.17) is 0 Å². The molecule has 0 saturated heterocycles. The van der Waals surface area contributed by atoms with Gasteiger partial charge in [-0.15, -0.1) is 0 Å². The zero-order valence-corrected chi connectivity index (χ0v) is 11.2. The molecule has 23 heavy (non-hydrogen) atoms. The summed E-state index contributed by atoms with van der Waals surface area (Å²) in [6.07, 6.45) is -4.89. The summed E-state index contributed by atoms with van der Waals surface area (Å²) in [7, 11) is 0. The van der Waals surface area contributed by atoms with Gasteiger partial charge in [-0.3, -0.25) is 10.1 Å². The van der Waals surface area contributed by atoms with Crippen LogP contribution in [0.15, 0.2) is 22.7 Å². The van der Waals surface area contributed by atoms with E-state index in [9.17, 15) is 31.1 Å². The van der Waals surface area contributed by atoms with Gasteiger partial charge in [-0.25, -0.2) is 4.39 Å². The average molecular weight is 339 g/mol. The summed E-state index contributed by atoms with van der Waals surface area (Å²) in [5.74, 6) is -4.82. The third kappa shape index (κ3) is 3.60. The number of hydrogen-bond donors (Lipinski definition) is 1. The van der Waals surface area contributed by atoms with Crippen LogP contribution in [0.3, 0.4) is 0 Å². The van der Waals surface area contributed by atoms with Crippen LogP contribution in [0.4, 0.5) is 26.3 Å². The van der Waals surface area contributed by atoms with Crippen LogP contribution >= 0.6 is 0 Å². The molecule has 0 atom stereocenters. The zero-order chi connectivity index (χ0) is 17.4. The van der Waals surface area contributed by atoms with Gasteiger partial charge in [0.15, 0.2) is 0 Å². The molecular formula is C12H7F6N3O2. The minimum atomic E-state index is -4.89. The smallest absolute Gasteiger partial charge is 0.329 e.